The van der Waals surface area contributed by atoms with E-state index in [0.29, 0.717) is 25.1 Å². The number of carbonyl (C=O) groups excluding carboxylic acids is 4. The van der Waals surface area contributed by atoms with Crippen molar-refractivity contribution in [2.45, 2.75) is 56.3 Å². The highest BCUT2D eigenvalue weighted by Gasteiger charge is 2.30. The van der Waals surface area contributed by atoms with E-state index in [1.807, 2.05) is 0 Å². The van der Waals surface area contributed by atoms with E-state index in [4.69, 9.17) is 17.2 Å². The number of nitrogens with zero attached hydrogens (tertiary/aromatic N) is 1. The van der Waals surface area contributed by atoms with Gasteiger partial charge in [0.1, 0.15) is 18.1 Å². The minimum atomic E-state index is -1.46. The van der Waals surface area contributed by atoms with Gasteiger partial charge in [0.2, 0.25) is 23.6 Å². The Bertz CT molecular complexity index is 837. The number of primary amides is 1. The Balaban J connectivity index is 2.80. The highest BCUT2D eigenvalue weighted by atomic mass is 32.1. The van der Waals surface area contributed by atoms with Crippen LogP contribution in [0.2, 0.25) is 0 Å². The summed E-state index contributed by atoms with van der Waals surface area (Å²) in [5.74, 6) is -4.70. The topological polar surface area (TPSA) is 248 Å². The minimum absolute atomic E-state index is 0.110. The summed E-state index contributed by atoms with van der Waals surface area (Å²) in [6.07, 6.45) is 3.61. The van der Waals surface area contributed by atoms with Gasteiger partial charge in [0, 0.05) is 24.1 Å². The van der Waals surface area contributed by atoms with Crippen molar-refractivity contribution in [2.75, 3.05) is 12.3 Å². The summed E-state index contributed by atoms with van der Waals surface area (Å²) in [6.45, 7) is 0.364. The van der Waals surface area contributed by atoms with Gasteiger partial charge in [0.05, 0.1) is 18.8 Å². The molecular formula is C19H32N8O6S. The number of unbranched alkanes of at least 4 members (excludes halogenated alkanes) is 1. The van der Waals surface area contributed by atoms with Crippen molar-refractivity contribution in [3.63, 3.8) is 0 Å². The molecule has 0 bridgehead atoms. The molecule has 15 heteroatoms. The van der Waals surface area contributed by atoms with Crippen LogP contribution in [-0.2, 0) is 30.4 Å². The molecule has 0 saturated carbocycles. The van der Waals surface area contributed by atoms with E-state index >= 15 is 0 Å². The van der Waals surface area contributed by atoms with Gasteiger partial charge >= 0.3 is 5.97 Å². The van der Waals surface area contributed by atoms with Crippen molar-refractivity contribution in [1.29, 1.82) is 0 Å². The van der Waals surface area contributed by atoms with E-state index in [0.717, 1.165) is 0 Å². The normalized spacial score (nSPS) is 14.3. The molecule has 0 aliphatic carbocycles. The van der Waals surface area contributed by atoms with Gasteiger partial charge in [0.15, 0.2) is 0 Å². The summed E-state index contributed by atoms with van der Waals surface area (Å²) in [4.78, 5) is 67.2. The first kappa shape index (κ1) is 28.9. The summed E-state index contributed by atoms with van der Waals surface area (Å²) < 4.78 is 0. The molecule has 4 unspecified atom stereocenters. The zero-order chi connectivity index (χ0) is 25.7. The molecule has 0 aliphatic rings. The van der Waals surface area contributed by atoms with Crippen molar-refractivity contribution < 1.29 is 29.1 Å². The van der Waals surface area contributed by atoms with Crippen molar-refractivity contribution in [2.24, 2.45) is 17.2 Å². The number of carboxylic acids is 1. The molecule has 1 aromatic rings. The molecular weight excluding hydrogens is 468 g/mol. The summed E-state index contributed by atoms with van der Waals surface area (Å²) in [5.41, 5.74) is 17.0. The number of nitrogens with two attached hydrogens (primary N) is 3. The molecule has 190 valence electrons. The van der Waals surface area contributed by atoms with Crippen LogP contribution in [-0.4, -0.2) is 81.1 Å². The molecule has 0 spiro atoms. The number of nitrogens with one attached hydrogen (secondary N) is 4. The summed E-state index contributed by atoms with van der Waals surface area (Å²) in [6, 6.07) is -4.89. The number of imidazole rings is 1. The number of thiol groups is 1. The number of hydrogen-bond donors (Lipinski definition) is 9. The monoisotopic (exact) mass is 500 g/mol. The molecule has 0 aliphatic heterocycles. The molecule has 4 amide bonds. The van der Waals surface area contributed by atoms with E-state index in [-0.39, 0.29) is 18.6 Å². The Morgan fingerprint density at radius 3 is 2.18 bits per heavy atom. The molecule has 0 radical (unpaired) electrons. The highest BCUT2D eigenvalue weighted by molar-refractivity contribution is 7.80. The molecule has 1 aromatic heterocycles. The quantitative estimate of drug-likeness (QED) is 0.0815. The lowest BCUT2D eigenvalue weighted by Crippen LogP contribution is -2.58. The SMILES string of the molecule is NCCCCC(NC(=O)C(CC(N)=O)NC(=O)C(CS)NC(=O)C(N)Cc1cnc[nH]1)C(=O)O. The van der Waals surface area contributed by atoms with Crippen LogP contribution >= 0.6 is 12.6 Å². The fraction of sp³-hybridized carbons (Fsp3) is 0.579. The number of aromatic amines is 1. The van der Waals surface area contributed by atoms with E-state index in [9.17, 15) is 29.1 Å². The predicted octanol–water partition coefficient (Wildman–Crippen LogP) is -3.25. The molecule has 4 atom stereocenters. The fourth-order valence-corrected chi connectivity index (χ4v) is 3.16. The molecule has 1 rings (SSSR count). The zero-order valence-electron chi connectivity index (χ0n) is 18.5. The van der Waals surface area contributed by atoms with Gasteiger partial charge in [-0.1, -0.05) is 0 Å². The lowest BCUT2D eigenvalue weighted by Gasteiger charge is -2.24. The summed E-state index contributed by atoms with van der Waals surface area (Å²) in [5, 5.41) is 16.4. The van der Waals surface area contributed by atoms with Crippen molar-refractivity contribution in [3.05, 3.63) is 18.2 Å². The number of carbonyl (C=O) groups is 5. The molecule has 0 saturated heterocycles. The molecule has 34 heavy (non-hydrogen) atoms. The van der Waals surface area contributed by atoms with Crippen LogP contribution in [0.15, 0.2) is 12.5 Å². The maximum atomic E-state index is 12.7. The maximum absolute atomic E-state index is 12.7. The van der Waals surface area contributed by atoms with Gasteiger partial charge in [0.25, 0.3) is 0 Å². The van der Waals surface area contributed by atoms with Gasteiger partial charge in [-0.2, -0.15) is 12.6 Å². The number of carboxylic acid groups (broad SMARTS) is 1. The molecule has 0 aromatic carbocycles. The van der Waals surface area contributed by atoms with Gasteiger partial charge in [-0.05, 0) is 25.8 Å². The number of hydrogen-bond acceptors (Lipinski definition) is 9. The van der Waals surface area contributed by atoms with Crippen molar-refractivity contribution >= 4 is 42.2 Å². The van der Waals surface area contributed by atoms with E-state index in [2.05, 4.69) is 38.5 Å². The maximum Gasteiger partial charge on any atom is 0.326 e. The van der Waals surface area contributed by atoms with Crippen LogP contribution in [0.3, 0.4) is 0 Å². The Hall–Kier alpha value is -3.17. The first-order valence-corrected chi connectivity index (χ1v) is 11.2. The predicted molar refractivity (Wildman–Crippen MR) is 124 cm³/mol. The van der Waals surface area contributed by atoms with Gasteiger partial charge < -0.3 is 43.2 Å². The van der Waals surface area contributed by atoms with E-state index < -0.39 is 60.2 Å². The van der Waals surface area contributed by atoms with E-state index in [1.54, 1.807) is 0 Å². The largest absolute Gasteiger partial charge is 0.480 e. The van der Waals surface area contributed by atoms with Crippen LogP contribution < -0.4 is 33.2 Å². The fourth-order valence-electron chi connectivity index (χ4n) is 2.90. The zero-order valence-corrected chi connectivity index (χ0v) is 19.4. The lowest BCUT2D eigenvalue weighted by molar-refractivity contribution is -0.142. The number of H-pyrrole nitrogens is 1. The lowest BCUT2D eigenvalue weighted by atomic mass is 10.1. The number of aromatic nitrogens is 2. The van der Waals surface area contributed by atoms with Crippen LogP contribution in [0.4, 0.5) is 0 Å². The standard InChI is InChI=1S/C19H32N8O6S/c20-4-2-1-3-12(19(32)33)25-17(30)13(6-15(22)28)26-18(31)14(8-34)27-16(29)11(21)5-10-7-23-9-24-10/h7,9,11-14,34H,1-6,8,20-21H2,(H2,22,28)(H,23,24)(H,25,30)(H,26,31)(H,27,29)(H,32,33). The van der Waals surface area contributed by atoms with Crippen molar-refractivity contribution in [3.8, 4) is 0 Å². The number of rotatable bonds is 16. The van der Waals surface area contributed by atoms with Crippen LogP contribution in [0, 0.1) is 0 Å². The second kappa shape index (κ2) is 14.9. The third-order valence-electron chi connectivity index (χ3n) is 4.75. The Morgan fingerprint density at radius 2 is 1.65 bits per heavy atom. The minimum Gasteiger partial charge on any atom is -0.480 e. The third-order valence-corrected chi connectivity index (χ3v) is 5.11. The number of amides is 4. The smallest absolute Gasteiger partial charge is 0.326 e. The number of aliphatic carboxylic acids is 1. The molecule has 14 nitrogen and oxygen atoms in total. The first-order chi connectivity index (χ1) is 16.1. The Labute approximate surface area is 201 Å². The molecule has 1 heterocycles. The summed E-state index contributed by atoms with van der Waals surface area (Å²) >= 11 is 4.05. The van der Waals surface area contributed by atoms with Gasteiger partial charge in [-0.3, -0.25) is 19.2 Å². The second-order valence-electron chi connectivity index (χ2n) is 7.55. The average Bonchev–Trinajstić information content (AvgIpc) is 3.28. The van der Waals surface area contributed by atoms with Crippen LogP contribution in [0.25, 0.3) is 0 Å². The summed E-state index contributed by atoms with van der Waals surface area (Å²) in [7, 11) is 0. The van der Waals surface area contributed by atoms with Crippen LogP contribution in [0.1, 0.15) is 31.4 Å². The van der Waals surface area contributed by atoms with Gasteiger partial charge in [-0.15, -0.1) is 0 Å². The van der Waals surface area contributed by atoms with Gasteiger partial charge in [-0.25, -0.2) is 9.78 Å². The van der Waals surface area contributed by atoms with Crippen LogP contribution in [0.5, 0.6) is 0 Å². The van der Waals surface area contributed by atoms with E-state index in [1.165, 1.54) is 12.5 Å². The third kappa shape index (κ3) is 10.2. The highest BCUT2D eigenvalue weighted by Crippen LogP contribution is 2.04. The Morgan fingerprint density at radius 1 is 1.03 bits per heavy atom. The molecule has 0 fully saturated rings. The first-order valence-electron chi connectivity index (χ1n) is 10.5. The average molecular weight is 501 g/mol. The van der Waals surface area contributed by atoms with Crippen molar-refractivity contribution in [1.82, 2.24) is 25.9 Å². The Kier molecular flexibility index (Phi) is 12.6. The second-order valence-corrected chi connectivity index (χ2v) is 7.91. The molecule has 11 N–H and O–H groups in total.